The van der Waals surface area contributed by atoms with Gasteiger partial charge in [-0.25, -0.2) is 0 Å². The fraction of sp³-hybridized carbons (Fsp3) is 0.167. The van der Waals surface area contributed by atoms with Crippen LogP contribution in [0.4, 0.5) is 11.4 Å². The molecule has 1 aromatic rings. The summed E-state index contributed by atoms with van der Waals surface area (Å²) < 4.78 is 5.50. The summed E-state index contributed by atoms with van der Waals surface area (Å²) in [6, 6.07) is 4.28. The molecule has 0 unspecified atom stereocenters. The summed E-state index contributed by atoms with van der Waals surface area (Å²) in [6.07, 6.45) is 3.31. The van der Waals surface area contributed by atoms with E-state index in [9.17, 15) is 10.1 Å². The molecule has 0 saturated heterocycles. The maximum Gasteiger partial charge on any atom is 0.295 e. The highest BCUT2D eigenvalue weighted by Gasteiger charge is 2.12. The Morgan fingerprint density at radius 3 is 2.79 bits per heavy atom. The predicted molar refractivity (Wildman–Crippen MR) is 76.5 cm³/mol. The normalized spacial score (nSPS) is 11.0. The molecule has 5 nitrogen and oxygen atoms in total. The van der Waals surface area contributed by atoms with E-state index in [2.05, 4.69) is 0 Å². The molecule has 1 aromatic carbocycles. The van der Waals surface area contributed by atoms with Crippen LogP contribution in [0.25, 0.3) is 0 Å². The lowest BCUT2D eigenvalue weighted by Gasteiger charge is -2.04. The van der Waals surface area contributed by atoms with Crippen LogP contribution in [0.15, 0.2) is 40.4 Å². The molecular formula is C12H12Cl2N2O3. The van der Waals surface area contributed by atoms with Gasteiger partial charge in [0.15, 0.2) is 0 Å². The van der Waals surface area contributed by atoms with Crippen LogP contribution in [-0.4, -0.2) is 11.5 Å². The van der Waals surface area contributed by atoms with E-state index in [-0.39, 0.29) is 22.5 Å². The maximum absolute atomic E-state index is 10.7. The van der Waals surface area contributed by atoms with Crippen LogP contribution in [0, 0.1) is 10.1 Å². The molecule has 19 heavy (non-hydrogen) atoms. The highest BCUT2D eigenvalue weighted by molar-refractivity contribution is 6.56. The summed E-state index contributed by atoms with van der Waals surface area (Å²) >= 11 is 11.0. The minimum absolute atomic E-state index is 0.0981. The number of hydrogen-bond acceptors (Lipinski definition) is 4. The van der Waals surface area contributed by atoms with Crippen molar-refractivity contribution in [3.05, 3.63) is 50.5 Å². The number of halogens is 2. The van der Waals surface area contributed by atoms with Gasteiger partial charge in [-0.05, 0) is 36.8 Å². The lowest BCUT2D eigenvalue weighted by atomic mass is 10.2. The number of ether oxygens (including phenoxy) is 1. The Kier molecular flexibility index (Phi) is 5.66. The Hall–Kier alpha value is -1.72. The van der Waals surface area contributed by atoms with Crippen molar-refractivity contribution in [3.63, 3.8) is 0 Å². The quantitative estimate of drug-likeness (QED) is 0.388. The Balaban J connectivity index is 2.72. The fourth-order valence-corrected chi connectivity index (χ4v) is 1.62. The second-order valence-electron chi connectivity index (χ2n) is 3.67. The van der Waals surface area contributed by atoms with E-state index >= 15 is 0 Å². The van der Waals surface area contributed by atoms with E-state index in [0.717, 1.165) is 5.57 Å². The van der Waals surface area contributed by atoms with Gasteiger partial charge in [-0.2, -0.15) is 0 Å². The molecule has 0 atom stereocenters. The van der Waals surface area contributed by atoms with Crippen LogP contribution >= 0.6 is 23.2 Å². The molecule has 0 fully saturated rings. The monoisotopic (exact) mass is 302 g/mol. The second-order valence-corrected chi connectivity index (χ2v) is 4.68. The summed E-state index contributed by atoms with van der Waals surface area (Å²) in [4.78, 5) is 10.1. The predicted octanol–water partition coefficient (Wildman–Crippen LogP) is 3.82. The summed E-state index contributed by atoms with van der Waals surface area (Å²) in [5, 5.41) is 10.7. The van der Waals surface area contributed by atoms with Gasteiger partial charge in [0.2, 0.25) is 0 Å². The SMILES string of the molecule is C/C(C=C(Cl)Cl)=C\COc1ccc(N)c([N+](=O)[O-])c1. The molecule has 0 aliphatic rings. The minimum Gasteiger partial charge on any atom is -0.489 e. The van der Waals surface area contributed by atoms with Crippen molar-refractivity contribution >= 4 is 34.6 Å². The fourth-order valence-electron chi connectivity index (χ4n) is 1.27. The van der Waals surface area contributed by atoms with Gasteiger partial charge in [0.05, 0.1) is 11.0 Å². The number of nitrogens with zero attached hydrogens (tertiary/aromatic N) is 1. The molecule has 1 rings (SSSR count). The molecule has 0 aliphatic carbocycles. The first kappa shape index (κ1) is 15.3. The molecule has 2 N–H and O–H groups in total. The molecule has 0 aromatic heterocycles. The first-order chi connectivity index (χ1) is 8.90. The molecule has 7 heteroatoms. The van der Waals surface area contributed by atoms with Crippen LogP contribution in [0.2, 0.25) is 0 Å². The first-order valence-electron chi connectivity index (χ1n) is 5.26. The lowest BCUT2D eigenvalue weighted by Crippen LogP contribution is -1.98. The first-order valence-corrected chi connectivity index (χ1v) is 6.02. The molecule has 0 heterocycles. The van der Waals surface area contributed by atoms with Crippen molar-refractivity contribution in [1.29, 1.82) is 0 Å². The van der Waals surface area contributed by atoms with Gasteiger partial charge < -0.3 is 10.5 Å². The average Bonchev–Trinajstić information content (AvgIpc) is 2.30. The molecular weight excluding hydrogens is 291 g/mol. The van der Waals surface area contributed by atoms with Crippen LogP contribution in [0.3, 0.4) is 0 Å². The van der Waals surface area contributed by atoms with Gasteiger partial charge >= 0.3 is 0 Å². The van der Waals surface area contributed by atoms with E-state index in [1.807, 2.05) is 0 Å². The van der Waals surface area contributed by atoms with Gasteiger partial charge in [0, 0.05) is 0 Å². The molecule has 0 bridgehead atoms. The standard InChI is InChI=1S/C12H12Cl2N2O3/c1-8(6-12(13)14)4-5-19-9-2-3-10(15)11(7-9)16(17)18/h2-4,6-7H,5,15H2,1H3/b8-4+. The number of allylic oxidation sites excluding steroid dienone is 2. The van der Waals surface area contributed by atoms with Crippen LogP contribution in [0.5, 0.6) is 5.75 Å². The van der Waals surface area contributed by atoms with Crippen molar-refractivity contribution in [2.24, 2.45) is 0 Å². The molecule has 0 amide bonds. The van der Waals surface area contributed by atoms with Crippen molar-refractivity contribution < 1.29 is 9.66 Å². The van der Waals surface area contributed by atoms with Crippen molar-refractivity contribution in [1.82, 2.24) is 0 Å². The molecule has 102 valence electrons. The Bertz CT molecular complexity index is 538. The zero-order valence-electron chi connectivity index (χ0n) is 10.1. The van der Waals surface area contributed by atoms with Gasteiger partial charge in [0.25, 0.3) is 5.69 Å². The third kappa shape index (κ3) is 5.19. The second kappa shape index (κ2) is 7.01. The minimum atomic E-state index is -0.556. The number of hydrogen-bond donors (Lipinski definition) is 1. The van der Waals surface area contributed by atoms with Crippen molar-refractivity contribution in [2.45, 2.75) is 6.92 Å². The molecule has 0 spiro atoms. The largest absolute Gasteiger partial charge is 0.489 e. The summed E-state index contributed by atoms with van der Waals surface area (Å²) in [5.74, 6) is 0.367. The zero-order valence-corrected chi connectivity index (χ0v) is 11.6. The molecule has 0 saturated carbocycles. The van der Waals surface area contributed by atoms with Gasteiger partial charge in [-0.3, -0.25) is 10.1 Å². The zero-order chi connectivity index (χ0) is 14.4. The highest BCUT2D eigenvalue weighted by Crippen LogP contribution is 2.26. The smallest absolute Gasteiger partial charge is 0.295 e. The van der Waals surface area contributed by atoms with E-state index in [1.165, 1.54) is 12.1 Å². The third-order valence-electron chi connectivity index (χ3n) is 2.19. The van der Waals surface area contributed by atoms with E-state index in [0.29, 0.717) is 5.75 Å². The molecule has 0 radical (unpaired) electrons. The van der Waals surface area contributed by atoms with E-state index in [1.54, 1.807) is 25.1 Å². The van der Waals surface area contributed by atoms with Crippen molar-refractivity contribution in [2.75, 3.05) is 12.3 Å². The lowest BCUT2D eigenvalue weighted by molar-refractivity contribution is -0.384. The summed E-state index contributed by atoms with van der Waals surface area (Å²) in [7, 11) is 0. The number of anilines is 1. The van der Waals surface area contributed by atoms with Gasteiger partial charge in [-0.1, -0.05) is 23.2 Å². The number of rotatable bonds is 5. The van der Waals surface area contributed by atoms with Crippen LogP contribution < -0.4 is 10.5 Å². The number of nitrogens with two attached hydrogens (primary N) is 1. The van der Waals surface area contributed by atoms with E-state index < -0.39 is 4.92 Å². The maximum atomic E-state index is 10.7. The number of nitro groups is 1. The highest BCUT2D eigenvalue weighted by atomic mass is 35.5. The number of benzene rings is 1. The number of nitro benzene ring substituents is 1. The average molecular weight is 303 g/mol. The third-order valence-corrected chi connectivity index (χ3v) is 2.41. The Labute approximate surface area is 120 Å². The number of nitrogen functional groups attached to an aromatic ring is 1. The topological polar surface area (TPSA) is 78.4 Å². The van der Waals surface area contributed by atoms with Crippen molar-refractivity contribution in [3.8, 4) is 5.75 Å². The molecule has 0 aliphatic heterocycles. The van der Waals surface area contributed by atoms with Crippen LogP contribution in [0.1, 0.15) is 6.92 Å². The Morgan fingerprint density at radius 1 is 1.53 bits per heavy atom. The van der Waals surface area contributed by atoms with E-state index in [4.69, 9.17) is 33.7 Å². The van der Waals surface area contributed by atoms with Gasteiger partial charge in [-0.15, -0.1) is 0 Å². The Morgan fingerprint density at radius 2 is 2.21 bits per heavy atom. The summed E-state index contributed by atoms with van der Waals surface area (Å²) in [6.45, 7) is 2.05. The summed E-state index contributed by atoms with van der Waals surface area (Å²) in [5.41, 5.74) is 6.22. The van der Waals surface area contributed by atoms with Crippen LogP contribution in [-0.2, 0) is 0 Å². The van der Waals surface area contributed by atoms with Gasteiger partial charge in [0.1, 0.15) is 22.5 Å².